The highest BCUT2D eigenvalue weighted by Crippen LogP contribution is 2.25. The minimum atomic E-state index is 0.278. The number of nitrogens with zero attached hydrogens (tertiary/aromatic N) is 2. The first-order valence-corrected chi connectivity index (χ1v) is 7.58. The summed E-state index contributed by atoms with van der Waals surface area (Å²) in [4.78, 5) is 16.4. The summed E-state index contributed by atoms with van der Waals surface area (Å²) in [5, 5.41) is 4.06. The summed E-state index contributed by atoms with van der Waals surface area (Å²) >= 11 is 6.01. The molecule has 0 atom stereocenters. The number of hydrogen-bond acceptors (Lipinski definition) is 3. The van der Waals surface area contributed by atoms with E-state index in [1.807, 2.05) is 17.0 Å². The second kappa shape index (κ2) is 6.12. The largest absolute Gasteiger partial charge is 0.340 e. The van der Waals surface area contributed by atoms with Crippen LogP contribution in [0.25, 0.3) is 0 Å². The highest BCUT2D eigenvalue weighted by molar-refractivity contribution is 6.30. The number of rotatable bonds is 3. The molecule has 0 unspecified atom stereocenters. The molecule has 1 aromatic carbocycles. The summed E-state index contributed by atoms with van der Waals surface area (Å²) in [6.45, 7) is 6.18. The highest BCUT2D eigenvalue weighted by atomic mass is 35.5. The minimum absolute atomic E-state index is 0.278. The first-order valence-electron chi connectivity index (χ1n) is 7.20. The van der Waals surface area contributed by atoms with Crippen molar-refractivity contribution in [3.05, 3.63) is 34.3 Å². The molecular weight excluding hydrogens is 274 g/mol. The van der Waals surface area contributed by atoms with Gasteiger partial charge in [0.15, 0.2) is 0 Å². The molecule has 3 rings (SSSR count). The zero-order valence-electron chi connectivity index (χ0n) is 11.6. The maximum absolute atomic E-state index is 12.1. The van der Waals surface area contributed by atoms with Crippen LogP contribution in [0.4, 0.5) is 0 Å². The van der Waals surface area contributed by atoms with E-state index in [4.69, 9.17) is 11.6 Å². The van der Waals surface area contributed by atoms with Crippen LogP contribution in [0.2, 0.25) is 5.02 Å². The summed E-state index contributed by atoms with van der Waals surface area (Å²) in [5.74, 6) is 0.278. The van der Waals surface area contributed by atoms with Crippen LogP contribution in [-0.4, -0.2) is 48.4 Å². The minimum Gasteiger partial charge on any atom is -0.340 e. The molecule has 1 saturated heterocycles. The van der Waals surface area contributed by atoms with Gasteiger partial charge in [-0.25, -0.2) is 0 Å². The average molecular weight is 294 g/mol. The van der Waals surface area contributed by atoms with E-state index >= 15 is 0 Å². The van der Waals surface area contributed by atoms with E-state index in [-0.39, 0.29) is 5.91 Å². The maximum Gasteiger partial charge on any atom is 0.223 e. The van der Waals surface area contributed by atoms with E-state index in [0.717, 1.165) is 50.8 Å². The molecule has 2 aliphatic rings. The second-order valence-electron chi connectivity index (χ2n) is 5.50. The molecule has 5 heteroatoms. The molecule has 0 radical (unpaired) electrons. The number of halogens is 1. The summed E-state index contributed by atoms with van der Waals surface area (Å²) in [6, 6.07) is 6.07. The molecule has 20 heavy (non-hydrogen) atoms. The van der Waals surface area contributed by atoms with Crippen molar-refractivity contribution < 1.29 is 4.79 Å². The number of amides is 1. The number of benzene rings is 1. The van der Waals surface area contributed by atoms with Crippen molar-refractivity contribution in [2.75, 3.05) is 32.7 Å². The van der Waals surface area contributed by atoms with Gasteiger partial charge in [-0.3, -0.25) is 9.69 Å². The van der Waals surface area contributed by atoms with Gasteiger partial charge in [0.25, 0.3) is 0 Å². The van der Waals surface area contributed by atoms with E-state index in [2.05, 4.69) is 16.3 Å². The number of carbonyl (C=O) groups is 1. The molecule has 1 N–H and O–H groups in total. The van der Waals surface area contributed by atoms with Crippen LogP contribution in [0.5, 0.6) is 0 Å². The van der Waals surface area contributed by atoms with Gasteiger partial charge < -0.3 is 10.2 Å². The Morgan fingerprint density at radius 3 is 2.75 bits per heavy atom. The smallest absolute Gasteiger partial charge is 0.223 e. The topological polar surface area (TPSA) is 35.6 Å². The summed E-state index contributed by atoms with van der Waals surface area (Å²) in [6.07, 6.45) is 0.613. The third-order valence-corrected chi connectivity index (χ3v) is 4.30. The molecule has 2 heterocycles. The van der Waals surface area contributed by atoms with Crippen molar-refractivity contribution in [3.63, 3.8) is 0 Å². The fourth-order valence-corrected chi connectivity index (χ4v) is 3.11. The highest BCUT2D eigenvalue weighted by Gasteiger charge is 2.21. The zero-order chi connectivity index (χ0) is 13.9. The van der Waals surface area contributed by atoms with Gasteiger partial charge in [0, 0.05) is 57.3 Å². The fraction of sp³-hybridized carbons (Fsp3) is 0.533. The third kappa shape index (κ3) is 3.14. The predicted octanol–water partition coefficient (Wildman–Crippen LogP) is 1.48. The van der Waals surface area contributed by atoms with Crippen molar-refractivity contribution in [3.8, 4) is 0 Å². The molecule has 2 aliphatic heterocycles. The Labute approximate surface area is 124 Å². The third-order valence-electron chi connectivity index (χ3n) is 4.07. The van der Waals surface area contributed by atoms with E-state index in [9.17, 15) is 4.79 Å². The molecular formula is C15H20ClN3O. The molecule has 0 spiro atoms. The zero-order valence-corrected chi connectivity index (χ0v) is 12.3. The molecule has 1 aromatic rings. The van der Waals surface area contributed by atoms with Crippen LogP contribution < -0.4 is 5.32 Å². The lowest BCUT2D eigenvalue weighted by Gasteiger charge is -2.28. The van der Waals surface area contributed by atoms with Crippen molar-refractivity contribution in [2.45, 2.75) is 19.5 Å². The number of nitrogens with one attached hydrogen (secondary N) is 1. The number of hydrogen-bond donors (Lipinski definition) is 1. The number of piperazine rings is 1. The monoisotopic (exact) mass is 293 g/mol. The van der Waals surface area contributed by atoms with Gasteiger partial charge in [-0.1, -0.05) is 17.7 Å². The average Bonchev–Trinajstić information content (AvgIpc) is 2.87. The first kappa shape index (κ1) is 13.9. The van der Waals surface area contributed by atoms with Gasteiger partial charge in [0.1, 0.15) is 0 Å². The van der Waals surface area contributed by atoms with Crippen molar-refractivity contribution >= 4 is 17.5 Å². The van der Waals surface area contributed by atoms with E-state index in [1.54, 1.807) is 0 Å². The molecule has 0 aliphatic carbocycles. The lowest BCUT2D eigenvalue weighted by atomic mass is 10.1. The van der Waals surface area contributed by atoms with Crippen LogP contribution in [0.1, 0.15) is 17.5 Å². The van der Waals surface area contributed by atoms with Gasteiger partial charge in [-0.2, -0.15) is 0 Å². The van der Waals surface area contributed by atoms with Gasteiger partial charge >= 0.3 is 0 Å². The van der Waals surface area contributed by atoms with Crippen LogP contribution in [0, 0.1) is 0 Å². The van der Waals surface area contributed by atoms with Crippen LogP contribution in [0.15, 0.2) is 18.2 Å². The lowest BCUT2D eigenvalue weighted by molar-refractivity contribution is -0.132. The Bertz CT molecular complexity index is 500. The van der Waals surface area contributed by atoms with Crippen molar-refractivity contribution in [2.24, 2.45) is 0 Å². The Balaban J connectivity index is 1.49. The Morgan fingerprint density at radius 1 is 1.20 bits per heavy atom. The Kier molecular flexibility index (Phi) is 4.24. The lowest BCUT2D eigenvalue weighted by Crippen LogP contribution is -2.46. The van der Waals surface area contributed by atoms with Gasteiger partial charge in [-0.15, -0.1) is 0 Å². The Hall–Kier alpha value is -1.10. The van der Waals surface area contributed by atoms with E-state index in [1.165, 1.54) is 11.1 Å². The summed E-state index contributed by atoms with van der Waals surface area (Å²) in [7, 11) is 0. The molecule has 0 saturated carbocycles. The normalized spacial score (nSPS) is 19.1. The van der Waals surface area contributed by atoms with E-state index < -0.39 is 0 Å². The quantitative estimate of drug-likeness (QED) is 0.917. The molecule has 0 bridgehead atoms. The molecule has 0 aromatic heterocycles. The van der Waals surface area contributed by atoms with Gasteiger partial charge in [0.05, 0.1) is 0 Å². The molecule has 1 fully saturated rings. The maximum atomic E-state index is 12.1. The standard InChI is InChI=1S/C15H20ClN3O/c16-14-2-1-12-10-18(11-13(12)9-14)6-3-15(20)19-7-4-17-5-8-19/h1-2,9,17H,3-8,10-11H2. The van der Waals surface area contributed by atoms with Crippen molar-refractivity contribution in [1.82, 2.24) is 15.1 Å². The first-order chi connectivity index (χ1) is 9.72. The van der Waals surface area contributed by atoms with Gasteiger partial charge in [0.2, 0.25) is 5.91 Å². The van der Waals surface area contributed by atoms with Crippen LogP contribution in [0.3, 0.4) is 0 Å². The van der Waals surface area contributed by atoms with Crippen LogP contribution >= 0.6 is 11.6 Å². The van der Waals surface area contributed by atoms with E-state index in [0.29, 0.717) is 6.42 Å². The molecule has 108 valence electrons. The number of fused-ring (bicyclic) bond motifs is 1. The Morgan fingerprint density at radius 2 is 1.95 bits per heavy atom. The molecule has 1 amide bonds. The summed E-state index contributed by atoms with van der Waals surface area (Å²) < 4.78 is 0. The fourth-order valence-electron chi connectivity index (χ4n) is 2.92. The van der Waals surface area contributed by atoms with Gasteiger partial charge in [-0.05, 0) is 23.3 Å². The summed E-state index contributed by atoms with van der Waals surface area (Å²) in [5.41, 5.74) is 2.64. The predicted molar refractivity (Wildman–Crippen MR) is 79.6 cm³/mol. The molecule has 4 nitrogen and oxygen atoms in total. The van der Waals surface area contributed by atoms with Crippen LogP contribution in [-0.2, 0) is 17.9 Å². The second-order valence-corrected chi connectivity index (χ2v) is 5.94. The van der Waals surface area contributed by atoms with Crippen molar-refractivity contribution in [1.29, 1.82) is 0 Å². The SMILES string of the molecule is O=C(CCN1Cc2ccc(Cl)cc2C1)N1CCNCC1. The number of carbonyl (C=O) groups excluding carboxylic acids is 1.